The van der Waals surface area contributed by atoms with Crippen molar-refractivity contribution < 1.29 is 22.8 Å². The van der Waals surface area contributed by atoms with Gasteiger partial charge in [-0.05, 0) is 11.5 Å². The number of hydrogen-bond donors (Lipinski definition) is 2. The topological polar surface area (TPSA) is 83.8 Å². The van der Waals surface area contributed by atoms with Crippen LogP contribution >= 0.6 is 0 Å². The maximum Gasteiger partial charge on any atom is 0.298 e. The molecule has 0 fully saturated rings. The normalized spacial score (nSPS) is 11.7. The van der Waals surface area contributed by atoms with Gasteiger partial charge in [-0.3, -0.25) is 4.55 Å². The summed E-state index contributed by atoms with van der Waals surface area (Å²) < 4.78 is 37.3. The smallest absolute Gasteiger partial charge is 0.298 e. The molecule has 0 atom stereocenters. The first-order valence-corrected chi connectivity index (χ1v) is 6.71. The van der Waals surface area contributed by atoms with E-state index >= 15 is 0 Å². The molecule has 0 unspecified atom stereocenters. The third-order valence-electron chi connectivity index (χ3n) is 2.45. The molecule has 96 valence electrons. The molecule has 0 aliphatic heterocycles. The summed E-state index contributed by atoms with van der Waals surface area (Å²) in [6.07, 6.45) is 0. The van der Waals surface area contributed by atoms with Crippen LogP contribution in [0.1, 0.15) is 0 Å². The standard InChI is InChI=1S/C12H12O5S/c13-7-8-17-11-6-5-9-3-1-2-4-10(9)12(11)18(14,15)16/h1-6,13H,7-8H2,(H,14,15,16). The van der Waals surface area contributed by atoms with E-state index in [-0.39, 0.29) is 23.9 Å². The Morgan fingerprint density at radius 3 is 2.50 bits per heavy atom. The summed E-state index contributed by atoms with van der Waals surface area (Å²) >= 11 is 0. The van der Waals surface area contributed by atoms with E-state index in [2.05, 4.69) is 0 Å². The lowest BCUT2D eigenvalue weighted by Crippen LogP contribution is -2.07. The predicted octanol–water partition coefficient (Wildman–Crippen LogP) is 1.46. The van der Waals surface area contributed by atoms with E-state index in [1.165, 1.54) is 6.07 Å². The monoisotopic (exact) mass is 268 g/mol. The Hall–Kier alpha value is -1.63. The van der Waals surface area contributed by atoms with E-state index in [4.69, 9.17) is 9.84 Å². The summed E-state index contributed by atoms with van der Waals surface area (Å²) in [6, 6.07) is 9.92. The van der Waals surface area contributed by atoms with Gasteiger partial charge >= 0.3 is 0 Å². The Morgan fingerprint density at radius 1 is 1.11 bits per heavy atom. The molecule has 0 bridgehead atoms. The molecular formula is C12H12O5S. The Labute approximate surface area is 104 Å². The molecule has 0 aliphatic rings. The molecule has 2 N–H and O–H groups in total. The van der Waals surface area contributed by atoms with Crippen molar-refractivity contribution in [1.82, 2.24) is 0 Å². The Balaban J connectivity index is 2.72. The van der Waals surface area contributed by atoms with Gasteiger partial charge in [0.2, 0.25) is 0 Å². The zero-order chi connectivity index (χ0) is 13.2. The van der Waals surface area contributed by atoms with Crippen LogP contribution in [0.3, 0.4) is 0 Å². The van der Waals surface area contributed by atoms with Crippen molar-refractivity contribution in [1.29, 1.82) is 0 Å². The minimum absolute atomic E-state index is 0.0326. The van der Waals surface area contributed by atoms with Gasteiger partial charge in [-0.1, -0.05) is 30.3 Å². The van der Waals surface area contributed by atoms with Crippen molar-refractivity contribution in [3.05, 3.63) is 36.4 Å². The van der Waals surface area contributed by atoms with Gasteiger partial charge in [-0.25, -0.2) is 0 Å². The quantitative estimate of drug-likeness (QED) is 0.820. The molecule has 2 aromatic carbocycles. The average molecular weight is 268 g/mol. The fourth-order valence-electron chi connectivity index (χ4n) is 1.76. The highest BCUT2D eigenvalue weighted by molar-refractivity contribution is 7.86. The van der Waals surface area contributed by atoms with Crippen molar-refractivity contribution in [3.63, 3.8) is 0 Å². The van der Waals surface area contributed by atoms with Crippen molar-refractivity contribution in [2.45, 2.75) is 4.90 Å². The van der Waals surface area contributed by atoms with E-state index in [1.54, 1.807) is 30.3 Å². The van der Waals surface area contributed by atoms with Crippen LogP contribution < -0.4 is 4.74 Å². The first-order valence-electron chi connectivity index (χ1n) is 5.27. The Bertz CT molecular complexity index is 663. The van der Waals surface area contributed by atoms with E-state index in [9.17, 15) is 13.0 Å². The number of benzene rings is 2. The van der Waals surface area contributed by atoms with Gasteiger partial charge in [0.05, 0.1) is 6.61 Å². The van der Waals surface area contributed by atoms with Gasteiger partial charge < -0.3 is 9.84 Å². The molecule has 0 radical (unpaired) electrons. The minimum Gasteiger partial charge on any atom is -0.490 e. The number of aliphatic hydroxyl groups is 1. The lowest BCUT2D eigenvalue weighted by Gasteiger charge is -2.11. The van der Waals surface area contributed by atoms with Crippen molar-refractivity contribution in [2.75, 3.05) is 13.2 Å². The number of aliphatic hydroxyl groups excluding tert-OH is 1. The third kappa shape index (κ3) is 2.45. The molecule has 2 aromatic rings. The van der Waals surface area contributed by atoms with E-state index in [0.29, 0.717) is 10.8 Å². The zero-order valence-corrected chi connectivity index (χ0v) is 10.2. The fraction of sp³-hybridized carbons (Fsp3) is 0.167. The number of fused-ring (bicyclic) bond motifs is 1. The molecule has 0 amide bonds. The highest BCUT2D eigenvalue weighted by Crippen LogP contribution is 2.31. The lowest BCUT2D eigenvalue weighted by atomic mass is 10.1. The van der Waals surface area contributed by atoms with E-state index in [0.717, 1.165) is 0 Å². The summed E-state index contributed by atoms with van der Waals surface area (Å²) in [4.78, 5) is -0.269. The molecule has 0 aromatic heterocycles. The summed E-state index contributed by atoms with van der Waals surface area (Å²) in [5.41, 5.74) is 0. The predicted molar refractivity (Wildman–Crippen MR) is 66.3 cm³/mol. The molecule has 0 saturated carbocycles. The van der Waals surface area contributed by atoms with E-state index in [1.807, 2.05) is 0 Å². The summed E-state index contributed by atoms with van der Waals surface area (Å²) in [6.45, 7) is -0.279. The summed E-state index contributed by atoms with van der Waals surface area (Å²) in [7, 11) is -4.40. The van der Waals surface area contributed by atoms with Gasteiger partial charge in [-0.2, -0.15) is 8.42 Å². The molecule has 2 rings (SSSR count). The maximum absolute atomic E-state index is 11.4. The van der Waals surface area contributed by atoms with Crippen LogP contribution in [0.5, 0.6) is 5.75 Å². The van der Waals surface area contributed by atoms with Crippen molar-refractivity contribution >= 4 is 20.9 Å². The van der Waals surface area contributed by atoms with Crippen LogP contribution in [0.25, 0.3) is 10.8 Å². The van der Waals surface area contributed by atoms with Crippen LogP contribution in [-0.4, -0.2) is 31.3 Å². The summed E-state index contributed by atoms with van der Waals surface area (Å²) in [5, 5.41) is 9.76. The molecule has 6 heteroatoms. The maximum atomic E-state index is 11.4. The zero-order valence-electron chi connectivity index (χ0n) is 9.41. The number of hydrogen-bond acceptors (Lipinski definition) is 4. The van der Waals surface area contributed by atoms with Crippen molar-refractivity contribution in [3.8, 4) is 5.75 Å². The fourth-order valence-corrected chi connectivity index (χ4v) is 2.60. The highest BCUT2D eigenvalue weighted by atomic mass is 32.2. The van der Waals surface area contributed by atoms with E-state index < -0.39 is 10.1 Å². The number of rotatable bonds is 4. The van der Waals surface area contributed by atoms with Gasteiger partial charge in [0.1, 0.15) is 17.3 Å². The second-order valence-corrected chi connectivity index (χ2v) is 5.02. The molecule has 0 spiro atoms. The second kappa shape index (κ2) is 4.93. The molecule has 18 heavy (non-hydrogen) atoms. The molecule has 0 aliphatic carbocycles. The van der Waals surface area contributed by atoms with Gasteiger partial charge in [0, 0.05) is 5.39 Å². The molecule has 5 nitrogen and oxygen atoms in total. The van der Waals surface area contributed by atoms with Crippen LogP contribution in [0, 0.1) is 0 Å². The van der Waals surface area contributed by atoms with Gasteiger partial charge in [0.15, 0.2) is 0 Å². The van der Waals surface area contributed by atoms with Crippen LogP contribution in [0.4, 0.5) is 0 Å². The molecular weight excluding hydrogens is 256 g/mol. The first-order chi connectivity index (χ1) is 8.54. The first kappa shape index (κ1) is 12.8. The Morgan fingerprint density at radius 2 is 1.83 bits per heavy atom. The van der Waals surface area contributed by atoms with Crippen LogP contribution in [0.2, 0.25) is 0 Å². The molecule has 0 saturated heterocycles. The van der Waals surface area contributed by atoms with Gasteiger partial charge in [-0.15, -0.1) is 0 Å². The second-order valence-electron chi connectivity index (χ2n) is 3.66. The van der Waals surface area contributed by atoms with Crippen LogP contribution in [0.15, 0.2) is 41.3 Å². The highest BCUT2D eigenvalue weighted by Gasteiger charge is 2.20. The average Bonchev–Trinajstić information content (AvgIpc) is 2.34. The van der Waals surface area contributed by atoms with Crippen molar-refractivity contribution in [2.24, 2.45) is 0 Å². The largest absolute Gasteiger partial charge is 0.490 e. The third-order valence-corrected chi connectivity index (χ3v) is 3.39. The van der Waals surface area contributed by atoms with Gasteiger partial charge in [0.25, 0.3) is 10.1 Å². The van der Waals surface area contributed by atoms with Crippen LogP contribution in [-0.2, 0) is 10.1 Å². The summed E-state index contributed by atoms with van der Waals surface area (Å²) in [5.74, 6) is 0.0326. The molecule has 0 heterocycles. The SMILES string of the molecule is O=S(=O)(O)c1c(OCCO)ccc2ccccc12. The lowest BCUT2D eigenvalue weighted by molar-refractivity contribution is 0.198. The minimum atomic E-state index is -4.40. The number of ether oxygens (including phenoxy) is 1. The Kier molecular flexibility index (Phi) is 3.51.